The first kappa shape index (κ1) is 13.7. The maximum atomic E-state index is 5.03. The summed E-state index contributed by atoms with van der Waals surface area (Å²) in [6.45, 7) is 12.1. The summed E-state index contributed by atoms with van der Waals surface area (Å²) in [5.74, 6) is 0. The van der Waals surface area contributed by atoms with Crippen molar-refractivity contribution < 1.29 is 4.74 Å². The number of ether oxygens (including phenoxy) is 1. The summed E-state index contributed by atoms with van der Waals surface area (Å²) in [7, 11) is 0. The predicted octanol–water partition coefficient (Wildman–Crippen LogP) is 1.67. The standard InChI is InChI=1S/C12H22N4O/c1-5-17-8-6-7-13-9-11-10-16(15-14-11)12(2,3)4/h5,10,13H,1,6-9H2,2-4H3. The Morgan fingerprint density at radius 1 is 1.53 bits per heavy atom. The summed E-state index contributed by atoms with van der Waals surface area (Å²) >= 11 is 0. The van der Waals surface area contributed by atoms with E-state index in [1.165, 1.54) is 6.26 Å². The Morgan fingerprint density at radius 3 is 2.88 bits per heavy atom. The van der Waals surface area contributed by atoms with Crippen LogP contribution in [0.5, 0.6) is 0 Å². The fraction of sp³-hybridized carbons (Fsp3) is 0.667. The van der Waals surface area contributed by atoms with Crippen LogP contribution in [0.1, 0.15) is 32.9 Å². The number of rotatable bonds is 7. The van der Waals surface area contributed by atoms with Gasteiger partial charge in [0.15, 0.2) is 0 Å². The Balaban J connectivity index is 2.24. The molecule has 1 heterocycles. The highest BCUT2D eigenvalue weighted by molar-refractivity contribution is 4.93. The summed E-state index contributed by atoms with van der Waals surface area (Å²) in [4.78, 5) is 0. The Kier molecular flexibility index (Phi) is 5.15. The van der Waals surface area contributed by atoms with Gasteiger partial charge in [0.05, 0.1) is 30.3 Å². The predicted molar refractivity (Wildman–Crippen MR) is 67.5 cm³/mol. The first-order valence-corrected chi connectivity index (χ1v) is 5.89. The third kappa shape index (κ3) is 4.99. The third-order valence-electron chi connectivity index (χ3n) is 2.27. The van der Waals surface area contributed by atoms with Crippen LogP contribution in [0.25, 0.3) is 0 Å². The van der Waals surface area contributed by atoms with Crippen LogP contribution in [0.3, 0.4) is 0 Å². The normalized spacial score (nSPS) is 11.5. The zero-order valence-corrected chi connectivity index (χ0v) is 10.9. The van der Waals surface area contributed by atoms with Crippen molar-refractivity contribution in [1.29, 1.82) is 0 Å². The molecule has 0 saturated carbocycles. The average Bonchev–Trinajstić information content (AvgIpc) is 2.71. The minimum absolute atomic E-state index is 0.0109. The van der Waals surface area contributed by atoms with E-state index in [4.69, 9.17) is 4.74 Å². The van der Waals surface area contributed by atoms with E-state index in [1.54, 1.807) is 0 Å². The van der Waals surface area contributed by atoms with Gasteiger partial charge in [-0.05, 0) is 33.7 Å². The van der Waals surface area contributed by atoms with Gasteiger partial charge in [0.25, 0.3) is 0 Å². The summed E-state index contributed by atoms with van der Waals surface area (Å²) < 4.78 is 6.91. The second kappa shape index (κ2) is 6.39. The zero-order chi connectivity index (χ0) is 12.7. The molecule has 5 heteroatoms. The second-order valence-electron chi connectivity index (χ2n) is 4.89. The van der Waals surface area contributed by atoms with Gasteiger partial charge in [-0.3, -0.25) is 0 Å². The molecule has 0 fully saturated rings. The van der Waals surface area contributed by atoms with Crippen LogP contribution in [0.4, 0.5) is 0 Å². The van der Waals surface area contributed by atoms with Crippen molar-refractivity contribution >= 4 is 0 Å². The van der Waals surface area contributed by atoms with Crippen molar-refractivity contribution in [3.05, 3.63) is 24.7 Å². The smallest absolute Gasteiger partial charge is 0.0965 e. The Morgan fingerprint density at radius 2 is 2.29 bits per heavy atom. The molecule has 1 N–H and O–H groups in total. The zero-order valence-electron chi connectivity index (χ0n) is 10.9. The molecule has 5 nitrogen and oxygen atoms in total. The van der Waals surface area contributed by atoms with Crippen LogP contribution < -0.4 is 5.32 Å². The summed E-state index contributed by atoms with van der Waals surface area (Å²) in [5.41, 5.74) is 0.952. The molecule has 0 amide bonds. The van der Waals surface area contributed by atoms with Crippen molar-refractivity contribution in [2.45, 2.75) is 39.3 Å². The van der Waals surface area contributed by atoms with Crippen LogP contribution in [0.2, 0.25) is 0 Å². The monoisotopic (exact) mass is 238 g/mol. The van der Waals surface area contributed by atoms with E-state index < -0.39 is 0 Å². The Hall–Kier alpha value is -1.36. The summed E-state index contributed by atoms with van der Waals surface area (Å²) in [6, 6.07) is 0. The lowest BCUT2D eigenvalue weighted by Gasteiger charge is -2.17. The van der Waals surface area contributed by atoms with Crippen molar-refractivity contribution in [1.82, 2.24) is 20.3 Å². The minimum Gasteiger partial charge on any atom is -0.502 e. The van der Waals surface area contributed by atoms with Crippen molar-refractivity contribution in [2.75, 3.05) is 13.2 Å². The van der Waals surface area contributed by atoms with E-state index in [1.807, 2.05) is 10.9 Å². The topological polar surface area (TPSA) is 52.0 Å². The molecule has 96 valence electrons. The molecule has 0 aliphatic rings. The lowest BCUT2D eigenvalue weighted by molar-refractivity contribution is 0.244. The number of hydrogen-bond donors (Lipinski definition) is 1. The van der Waals surface area contributed by atoms with E-state index in [0.29, 0.717) is 6.61 Å². The number of aromatic nitrogens is 3. The van der Waals surface area contributed by atoms with Crippen LogP contribution in [-0.4, -0.2) is 28.1 Å². The van der Waals surface area contributed by atoms with Crippen LogP contribution in [0, 0.1) is 0 Å². The molecule has 0 bridgehead atoms. The van der Waals surface area contributed by atoms with Gasteiger partial charge in [0.1, 0.15) is 0 Å². The molecule has 0 aliphatic carbocycles. The van der Waals surface area contributed by atoms with E-state index in [0.717, 1.165) is 25.2 Å². The van der Waals surface area contributed by atoms with Crippen LogP contribution in [0.15, 0.2) is 19.0 Å². The van der Waals surface area contributed by atoms with Gasteiger partial charge in [-0.15, -0.1) is 5.10 Å². The summed E-state index contributed by atoms with van der Waals surface area (Å²) in [5, 5.41) is 11.5. The molecule has 0 spiro atoms. The van der Waals surface area contributed by atoms with E-state index in [2.05, 4.69) is 43.0 Å². The van der Waals surface area contributed by atoms with Crippen LogP contribution >= 0.6 is 0 Å². The fourth-order valence-corrected chi connectivity index (χ4v) is 1.29. The fourth-order valence-electron chi connectivity index (χ4n) is 1.29. The lowest BCUT2D eigenvalue weighted by atomic mass is 10.1. The Bertz CT molecular complexity index is 341. The first-order chi connectivity index (χ1) is 8.04. The first-order valence-electron chi connectivity index (χ1n) is 5.89. The van der Waals surface area contributed by atoms with Gasteiger partial charge >= 0.3 is 0 Å². The van der Waals surface area contributed by atoms with Gasteiger partial charge in [0, 0.05) is 6.54 Å². The molecule has 0 saturated heterocycles. The van der Waals surface area contributed by atoms with Gasteiger partial charge in [0.2, 0.25) is 0 Å². The number of hydrogen-bond acceptors (Lipinski definition) is 4. The molecule has 0 atom stereocenters. The van der Waals surface area contributed by atoms with Gasteiger partial charge in [-0.25, -0.2) is 4.68 Å². The molecule has 1 aromatic rings. The molecule has 1 aromatic heterocycles. The van der Waals surface area contributed by atoms with E-state index in [9.17, 15) is 0 Å². The maximum Gasteiger partial charge on any atom is 0.0965 e. The molecule has 0 unspecified atom stereocenters. The SMILES string of the molecule is C=COCCCNCc1cn(C(C)(C)C)nn1. The van der Waals surface area contributed by atoms with Crippen molar-refractivity contribution in [3.8, 4) is 0 Å². The molecule has 0 aromatic carbocycles. The summed E-state index contributed by atoms with van der Waals surface area (Å²) in [6.07, 6.45) is 4.40. The average molecular weight is 238 g/mol. The van der Waals surface area contributed by atoms with Gasteiger partial charge < -0.3 is 10.1 Å². The molecule has 0 aliphatic heterocycles. The Labute approximate surface area is 103 Å². The molecule has 1 rings (SSSR count). The quantitative estimate of drug-likeness (QED) is 0.580. The highest BCUT2D eigenvalue weighted by Gasteiger charge is 2.14. The van der Waals surface area contributed by atoms with Gasteiger partial charge in [-0.1, -0.05) is 11.8 Å². The molecular weight excluding hydrogens is 216 g/mol. The van der Waals surface area contributed by atoms with E-state index >= 15 is 0 Å². The largest absolute Gasteiger partial charge is 0.502 e. The third-order valence-corrected chi connectivity index (χ3v) is 2.27. The highest BCUT2D eigenvalue weighted by atomic mass is 16.5. The minimum atomic E-state index is -0.0109. The molecule has 17 heavy (non-hydrogen) atoms. The number of nitrogens with zero attached hydrogens (tertiary/aromatic N) is 3. The second-order valence-corrected chi connectivity index (χ2v) is 4.89. The number of nitrogens with one attached hydrogen (secondary N) is 1. The maximum absolute atomic E-state index is 5.03. The highest BCUT2D eigenvalue weighted by Crippen LogP contribution is 2.11. The lowest BCUT2D eigenvalue weighted by Crippen LogP contribution is -2.22. The van der Waals surface area contributed by atoms with Crippen molar-refractivity contribution in [3.63, 3.8) is 0 Å². The molecular formula is C12H22N4O. The molecule has 0 radical (unpaired) electrons. The van der Waals surface area contributed by atoms with E-state index in [-0.39, 0.29) is 5.54 Å². The van der Waals surface area contributed by atoms with Crippen LogP contribution in [-0.2, 0) is 16.8 Å². The van der Waals surface area contributed by atoms with Gasteiger partial charge in [-0.2, -0.15) is 0 Å². The van der Waals surface area contributed by atoms with Crippen molar-refractivity contribution in [2.24, 2.45) is 0 Å².